The number of carbonyl (C=O) groups excluding carboxylic acids is 4. The maximum Gasteiger partial charge on any atom is 0.332 e. The second-order valence-corrected chi connectivity index (χ2v) is 6.89. The number of amides is 4. The van der Waals surface area contributed by atoms with E-state index in [1.165, 1.54) is 11.8 Å². The topological polar surface area (TPSA) is 78.0 Å². The Bertz CT molecular complexity index is 955. The van der Waals surface area contributed by atoms with Crippen molar-refractivity contribution >= 4 is 29.3 Å². The van der Waals surface area contributed by atoms with Crippen molar-refractivity contribution in [2.45, 2.75) is 13.0 Å². The predicted molar refractivity (Wildman–Crippen MR) is 102 cm³/mol. The second kappa shape index (κ2) is 6.92. The third-order valence-corrected chi connectivity index (χ3v) is 5.16. The lowest BCUT2D eigenvalue weighted by Gasteiger charge is -2.35. The van der Waals surface area contributed by atoms with E-state index in [9.17, 15) is 19.2 Å². The highest BCUT2D eigenvalue weighted by Gasteiger charge is 2.49. The van der Waals surface area contributed by atoms with Crippen LogP contribution in [0.25, 0.3) is 0 Å². The molecule has 2 heterocycles. The zero-order chi connectivity index (χ0) is 19.8. The summed E-state index contributed by atoms with van der Waals surface area (Å²) in [5.74, 6) is -0.589. The number of piperazine rings is 1. The third kappa shape index (κ3) is 2.94. The summed E-state index contributed by atoms with van der Waals surface area (Å²) in [6.45, 7) is 2.30. The van der Waals surface area contributed by atoms with Gasteiger partial charge in [-0.1, -0.05) is 18.2 Å². The van der Waals surface area contributed by atoms with Crippen LogP contribution < -0.4 is 4.90 Å². The molecule has 0 bridgehead atoms. The largest absolute Gasteiger partial charge is 0.334 e. The van der Waals surface area contributed by atoms with Gasteiger partial charge in [-0.15, -0.1) is 0 Å². The van der Waals surface area contributed by atoms with Crippen LogP contribution in [0.2, 0.25) is 0 Å². The number of rotatable bonds is 3. The van der Waals surface area contributed by atoms with Gasteiger partial charge in [0.1, 0.15) is 6.04 Å². The van der Waals surface area contributed by atoms with Crippen LogP contribution >= 0.6 is 0 Å². The molecule has 7 heteroatoms. The van der Waals surface area contributed by atoms with Crippen molar-refractivity contribution in [3.8, 4) is 0 Å². The Morgan fingerprint density at radius 3 is 2.21 bits per heavy atom. The molecule has 1 atom stereocenters. The Hall–Kier alpha value is -3.48. The molecule has 2 aromatic carbocycles. The first kappa shape index (κ1) is 17.9. The minimum atomic E-state index is -0.693. The molecule has 0 spiro atoms. The lowest BCUT2D eigenvalue weighted by Crippen LogP contribution is -2.54. The number of nitrogens with zero attached hydrogens (tertiary/aromatic N) is 3. The van der Waals surface area contributed by atoms with E-state index in [0.29, 0.717) is 29.9 Å². The van der Waals surface area contributed by atoms with Gasteiger partial charge in [0.05, 0.1) is 12.2 Å². The van der Waals surface area contributed by atoms with Crippen LogP contribution in [-0.4, -0.2) is 59.1 Å². The smallest absolute Gasteiger partial charge is 0.332 e. The maximum atomic E-state index is 12.9. The van der Waals surface area contributed by atoms with Crippen LogP contribution in [-0.2, 0) is 4.79 Å². The summed E-state index contributed by atoms with van der Waals surface area (Å²) in [6, 6.07) is 14.2. The predicted octanol–water partition coefficient (Wildman–Crippen LogP) is 2.18. The number of benzene rings is 2. The average molecular weight is 377 g/mol. The second-order valence-electron chi connectivity index (χ2n) is 6.89. The Morgan fingerprint density at radius 1 is 0.893 bits per heavy atom. The zero-order valence-electron chi connectivity index (χ0n) is 15.4. The van der Waals surface area contributed by atoms with Gasteiger partial charge in [-0.3, -0.25) is 14.4 Å². The number of imide groups is 1. The fraction of sp³-hybridized carbons (Fsp3) is 0.238. The molecule has 4 amide bonds. The molecule has 2 saturated heterocycles. The van der Waals surface area contributed by atoms with Crippen molar-refractivity contribution in [1.29, 1.82) is 0 Å². The van der Waals surface area contributed by atoms with Crippen molar-refractivity contribution < 1.29 is 19.2 Å². The molecule has 0 aliphatic carbocycles. The Labute approximate surface area is 162 Å². The molecule has 2 aliphatic rings. The molecule has 2 aliphatic heterocycles. The summed E-state index contributed by atoms with van der Waals surface area (Å²) < 4.78 is 0. The fourth-order valence-corrected chi connectivity index (χ4v) is 3.63. The van der Waals surface area contributed by atoms with E-state index in [2.05, 4.69) is 0 Å². The molecule has 0 aromatic heterocycles. The molecular weight excluding hydrogens is 358 g/mol. The van der Waals surface area contributed by atoms with Crippen LogP contribution in [0, 0.1) is 0 Å². The van der Waals surface area contributed by atoms with Crippen LogP contribution in [0.4, 0.5) is 10.5 Å². The summed E-state index contributed by atoms with van der Waals surface area (Å²) in [6.07, 6.45) is 0. The van der Waals surface area contributed by atoms with Crippen LogP contribution in [0.5, 0.6) is 0 Å². The fourth-order valence-electron chi connectivity index (χ4n) is 3.63. The summed E-state index contributed by atoms with van der Waals surface area (Å²) in [5, 5.41) is 0. The standard InChI is InChI=1S/C21H19N3O4/c1-14(25)15-7-9-17(10-8-15)24-20(27)18-13-22(11-12-23(18)21(24)28)19(26)16-5-3-2-4-6-16/h2-10,18H,11-13H2,1H3/t18-/m1/s1. The van der Waals surface area contributed by atoms with Crippen LogP contribution in [0.15, 0.2) is 54.6 Å². The number of hydrogen-bond acceptors (Lipinski definition) is 4. The van der Waals surface area contributed by atoms with Crippen LogP contribution in [0.3, 0.4) is 0 Å². The van der Waals surface area contributed by atoms with E-state index in [-0.39, 0.29) is 24.1 Å². The van der Waals surface area contributed by atoms with Crippen molar-refractivity contribution in [2.24, 2.45) is 0 Å². The van der Waals surface area contributed by atoms with Gasteiger partial charge in [0, 0.05) is 24.2 Å². The monoisotopic (exact) mass is 377 g/mol. The molecule has 2 fully saturated rings. The van der Waals surface area contributed by atoms with E-state index in [0.717, 1.165) is 4.90 Å². The minimum Gasteiger partial charge on any atom is -0.334 e. The number of carbonyl (C=O) groups is 4. The van der Waals surface area contributed by atoms with Gasteiger partial charge in [0.15, 0.2) is 5.78 Å². The zero-order valence-corrected chi connectivity index (χ0v) is 15.4. The molecule has 2 aromatic rings. The average Bonchev–Trinajstić information content (AvgIpc) is 2.98. The molecule has 7 nitrogen and oxygen atoms in total. The molecule has 0 saturated carbocycles. The summed E-state index contributed by atoms with van der Waals surface area (Å²) >= 11 is 0. The van der Waals surface area contributed by atoms with Gasteiger partial charge in [0.2, 0.25) is 0 Å². The van der Waals surface area contributed by atoms with Gasteiger partial charge in [0.25, 0.3) is 11.8 Å². The lowest BCUT2D eigenvalue weighted by molar-refractivity contribution is -0.120. The minimum absolute atomic E-state index is 0.0851. The summed E-state index contributed by atoms with van der Waals surface area (Å²) in [5.41, 5.74) is 1.50. The van der Waals surface area contributed by atoms with Crippen LogP contribution in [0.1, 0.15) is 27.6 Å². The van der Waals surface area contributed by atoms with Gasteiger partial charge in [-0.05, 0) is 43.3 Å². The van der Waals surface area contributed by atoms with Gasteiger partial charge in [-0.2, -0.15) is 0 Å². The Balaban J connectivity index is 1.55. The SMILES string of the molecule is CC(=O)c1ccc(N2C(=O)[C@H]3CN(C(=O)c4ccccc4)CCN3C2=O)cc1. The molecule has 28 heavy (non-hydrogen) atoms. The lowest BCUT2D eigenvalue weighted by atomic mass is 10.1. The summed E-state index contributed by atoms with van der Waals surface area (Å²) in [4.78, 5) is 54.1. The van der Waals surface area contributed by atoms with Crippen molar-refractivity contribution in [2.75, 3.05) is 24.5 Å². The number of urea groups is 1. The van der Waals surface area contributed by atoms with Crippen molar-refractivity contribution in [3.63, 3.8) is 0 Å². The Morgan fingerprint density at radius 2 is 1.57 bits per heavy atom. The normalized spacial score (nSPS) is 19.0. The first-order valence-electron chi connectivity index (χ1n) is 9.07. The number of hydrogen-bond donors (Lipinski definition) is 0. The molecule has 0 unspecified atom stereocenters. The van der Waals surface area contributed by atoms with Gasteiger partial charge < -0.3 is 9.80 Å². The van der Waals surface area contributed by atoms with E-state index in [1.807, 2.05) is 6.07 Å². The first-order chi connectivity index (χ1) is 13.5. The van der Waals surface area contributed by atoms with E-state index in [4.69, 9.17) is 0 Å². The number of Topliss-reactive ketones (excluding diaryl/α,β-unsaturated/α-hetero) is 1. The third-order valence-electron chi connectivity index (χ3n) is 5.16. The first-order valence-corrected chi connectivity index (χ1v) is 9.07. The highest BCUT2D eigenvalue weighted by atomic mass is 16.2. The maximum absolute atomic E-state index is 12.9. The van der Waals surface area contributed by atoms with Crippen molar-refractivity contribution in [1.82, 2.24) is 9.80 Å². The van der Waals surface area contributed by atoms with Crippen molar-refractivity contribution in [3.05, 3.63) is 65.7 Å². The quantitative estimate of drug-likeness (QED) is 0.607. The molecular formula is C21H19N3O4. The van der Waals surface area contributed by atoms with E-state index in [1.54, 1.807) is 53.4 Å². The number of fused-ring (bicyclic) bond motifs is 1. The van der Waals surface area contributed by atoms with E-state index >= 15 is 0 Å². The molecule has 142 valence electrons. The highest BCUT2D eigenvalue weighted by Crippen LogP contribution is 2.28. The number of ketones is 1. The highest BCUT2D eigenvalue weighted by molar-refractivity contribution is 6.21. The number of anilines is 1. The Kier molecular flexibility index (Phi) is 4.43. The van der Waals surface area contributed by atoms with Gasteiger partial charge >= 0.3 is 6.03 Å². The van der Waals surface area contributed by atoms with E-state index < -0.39 is 12.1 Å². The molecule has 0 radical (unpaired) electrons. The summed E-state index contributed by atoms with van der Waals surface area (Å²) in [7, 11) is 0. The molecule has 0 N–H and O–H groups in total. The molecule has 4 rings (SSSR count). The van der Waals surface area contributed by atoms with Gasteiger partial charge in [-0.25, -0.2) is 9.69 Å².